The Balaban J connectivity index is 1.78. The monoisotopic (exact) mass is 201 g/mol. The number of rotatable bonds is 1. The minimum Gasteiger partial charge on any atom is -0.444 e. The van der Waals surface area contributed by atoms with Gasteiger partial charge in [0.05, 0.1) is 6.61 Å². The number of hydrogen-bond donors (Lipinski definition) is 1. The highest BCUT2D eigenvalue weighted by atomic mass is 16.8. The molecule has 1 N–H and O–H groups in total. The average molecular weight is 201 g/mol. The molecule has 2 aliphatic heterocycles. The highest BCUT2D eigenvalue weighted by molar-refractivity contribution is 5.68. The molecular formula is C9H15NO4. The first kappa shape index (κ1) is 9.73. The summed E-state index contributed by atoms with van der Waals surface area (Å²) in [6, 6.07) is -0.0580. The van der Waals surface area contributed by atoms with Crippen molar-refractivity contribution in [2.24, 2.45) is 0 Å². The first-order valence-electron chi connectivity index (χ1n) is 4.69. The highest BCUT2D eigenvalue weighted by Gasteiger charge is 2.61. The summed E-state index contributed by atoms with van der Waals surface area (Å²) < 4.78 is 15.4. The number of amides is 1. The molecule has 2 aliphatic rings. The van der Waals surface area contributed by atoms with Crippen LogP contribution in [-0.4, -0.2) is 36.7 Å². The maximum absolute atomic E-state index is 11.3. The van der Waals surface area contributed by atoms with Gasteiger partial charge in [0.1, 0.15) is 18.2 Å². The van der Waals surface area contributed by atoms with Crippen molar-refractivity contribution in [2.45, 2.75) is 38.2 Å². The Bertz CT molecular complexity index is 254. The molecule has 0 aromatic carbocycles. The van der Waals surface area contributed by atoms with Crippen LogP contribution in [0.2, 0.25) is 0 Å². The molecule has 0 aliphatic carbocycles. The van der Waals surface area contributed by atoms with E-state index in [9.17, 15) is 4.79 Å². The van der Waals surface area contributed by atoms with Gasteiger partial charge in [-0.15, -0.1) is 0 Å². The predicted octanol–water partition coefficient (Wildman–Crippen LogP) is 0.636. The van der Waals surface area contributed by atoms with Gasteiger partial charge in [-0.05, 0) is 20.8 Å². The summed E-state index contributed by atoms with van der Waals surface area (Å²) in [7, 11) is 0. The van der Waals surface area contributed by atoms with Gasteiger partial charge in [0.25, 0.3) is 0 Å². The molecule has 1 unspecified atom stereocenters. The van der Waals surface area contributed by atoms with Crippen molar-refractivity contribution < 1.29 is 19.0 Å². The summed E-state index contributed by atoms with van der Waals surface area (Å²) in [5.41, 5.74) is -0.466. The third kappa shape index (κ3) is 1.83. The van der Waals surface area contributed by atoms with Crippen molar-refractivity contribution in [1.82, 2.24) is 5.32 Å². The second kappa shape index (κ2) is 2.84. The zero-order valence-corrected chi connectivity index (χ0v) is 8.62. The van der Waals surface area contributed by atoms with E-state index in [2.05, 4.69) is 5.32 Å². The van der Waals surface area contributed by atoms with Crippen LogP contribution in [0, 0.1) is 0 Å². The summed E-state index contributed by atoms with van der Waals surface area (Å²) in [6.07, 6.45) is -0.416. The molecule has 5 heteroatoms. The Morgan fingerprint density at radius 3 is 2.50 bits per heavy atom. The Hall–Kier alpha value is -0.810. The van der Waals surface area contributed by atoms with Crippen LogP contribution in [0.25, 0.3) is 0 Å². The van der Waals surface area contributed by atoms with Crippen molar-refractivity contribution >= 4 is 6.09 Å². The van der Waals surface area contributed by atoms with Crippen molar-refractivity contribution in [3.63, 3.8) is 0 Å². The Morgan fingerprint density at radius 2 is 2.14 bits per heavy atom. The molecule has 0 aromatic heterocycles. The number of alkyl carbamates (subject to hydrolysis) is 1. The number of ether oxygens (including phenoxy) is 3. The van der Waals surface area contributed by atoms with E-state index in [1.165, 1.54) is 0 Å². The molecule has 0 bridgehead atoms. The molecule has 2 fully saturated rings. The number of nitrogens with one attached hydrogen (secondary N) is 1. The smallest absolute Gasteiger partial charge is 0.408 e. The van der Waals surface area contributed by atoms with E-state index in [0.29, 0.717) is 13.2 Å². The van der Waals surface area contributed by atoms with Crippen molar-refractivity contribution in [2.75, 3.05) is 13.2 Å². The SMILES string of the molecule is CC(C)(C)OC(=O)N[C@H]1COC12CO2. The topological polar surface area (TPSA) is 60.1 Å². The molecule has 1 amide bonds. The fraction of sp³-hybridized carbons (Fsp3) is 0.889. The van der Waals surface area contributed by atoms with Crippen molar-refractivity contribution in [3.05, 3.63) is 0 Å². The maximum Gasteiger partial charge on any atom is 0.408 e. The van der Waals surface area contributed by atoms with Crippen molar-refractivity contribution in [3.8, 4) is 0 Å². The largest absolute Gasteiger partial charge is 0.444 e. The quantitative estimate of drug-likeness (QED) is 0.632. The summed E-state index contributed by atoms with van der Waals surface area (Å²) in [5, 5.41) is 2.71. The molecule has 5 nitrogen and oxygen atoms in total. The van der Waals surface area contributed by atoms with Gasteiger partial charge in [0, 0.05) is 0 Å². The Morgan fingerprint density at radius 1 is 1.50 bits per heavy atom. The predicted molar refractivity (Wildman–Crippen MR) is 47.8 cm³/mol. The summed E-state index contributed by atoms with van der Waals surface area (Å²) in [5.74, 6) is -0.517. The minimum atomic E-state index is -0.517. The van der Waals surface area contributed by atoms with Crippen LogP contribution in [0.1, 0.15) is 20.8 Å². The fourth-order valence-corrected chi connectivity index (χ4v) is 1.31. The summed E-state index contributed by atoms with van der Waals surface area (Å²) in [6.45, 7) is 6.54. The third-order valence-electron chi connectivity index (χ3n) is 2.15. The molecule has 1 spiro atoms. The van der Waals surface area contributed by atoms with Gasteiger partial charge in [-0.1, -0.05) is 0 Å². The van der Waals surface area contributed by atoms with Gasteiger partial charge >= 0.3 is 6.09 Å². The standard InChI is InChI=1S/C9H15NO4/c1-8(2,3)14-7(11)10-6-4-12-9(6)5-13-9/h6H,4-5H2,1-3H3,(H,10,11)/t6-,9?/m0/s1. The second-order valence-corrected chi connectivity index (χ2v) is 4.61. The first-order valence-corrected chi connectivity index (χ1v) is 4.69. The molecule has 2 rings (SSSR count). The lowest BCUT2D eigenvalue weighted by atomic mass is 10.1. The average Bonchev–Trinajstić information content (AvgIpc) is 2.75. The van der Waals surface area contributed by atoms with Gasteiger partial charge in [-0.3, -0.25) is 0 Å². The highest BCUT2D eigenvalue weighted by Crippen LogP contribution is 2.40. The van der Waals surface area contributed by atoms with Crippen LogP contribution in [0.15, 0.2) is 0 Å². The van der Waals surface area contributed by atoms with E-state index in [4.69, 9.17) is 14.2 Å². The van der Waals surface area contributed by atoms with E-state index in [-0.39, 0.29) is 6.04 Å². The maximum atomic E-state index is 11.3. The lowest BCUT2D eigenvalue weighted by molar-refractivity contribution is -0.167. The molecule has 2 atom stereocenters. The first-order chi connectivity index (χ1) is 6.41. The molecule has 0 radical (unpaired) electrons. The van der Waals surface area contributed by atoms with E-state index in [1.54, 1.807) is 0 Å². The number of carbonyl (C=O) groups is 1. The molecule has 80 valence electrons. The van der Waals surface area contributed by atoms with Gasteiger partial charge in [-0.2, -0.15) is 0 Å². The Kier molecular flexibility index (Phi) is 1.97. The second-order valence-electron chi connectivity index (χ2n) is 4.61. The molecule has 2 heterocycles. The summed E-state index contributed by atoms with van der Waals surface area (Å²) >= 11 is 0. The molecule has 0 saturated carbocycles. The van der Waals surface area contributed by atoms with Gasteiger partial charge in [0.15, 0.2) is 0 Å². The van der Waals surface area contributed by atoms with E-state index in [0.717, 1.165) is 0 Å². The molecular weight excluding hydrogens is 186 g/mol. The van der Waals surface area contributed by atoms with Crippen LogP contribution in [0.4, 0.5) is 4.79 Å². The fourth-order valence-electron chi connectivity index (χ4n) is 1.31. The zero-order valence-electron chi connectivity index (χ0n) is 8.62. The van der Waals surface area contributed by atoms with Crippen LogP contribution in [-0.2, 0) is 14.2 Å². The summed E-state index contributed by atoms with van der Waals surface area (Å²) in [4.78, 5) is 11.3. The Labute approximate surface area is 82.7 Å². The van der Waals surface area contributed by atoms with Gasteiger partial charge < -0.3 is 19.5 Å². The normalized spacial score (nSPS) is 34.9. The van der Waals surface area contributed by atoms with Gasteiger partial charge in [0.2, 0.25) is 5.79 Å². The van der Waals surface area contributed by atoms with Crippen LogP contribution in [0.3, 0.4) is 0 Å². The van der Waals surface area contributed by atoms with Crippen LogP contribution < -0.4 is 5.32 Å². The van der Waals surface area contributed by atoms with Crippen molar-refractivity contribution in [1.29, 1.82) is 0 Å². The number of epoxide rings is 1. The van der Waals surface area contributed by atoms with E-state index in [1.807, 2.05) is 20.8 Å². The minimum absolute atomic E-state index is 0.0580. The molecule has 2 saturated heterocycles. The lowest BCUT2D eigenvalue weighted by Crippen LogP contribution is -2.59. The zero-order chi connectivity index (χ0) is 10.4. The molecule has 0 aromatic rings. The lowest BCUT2D eigenvalue weighted by Gasteiger charge is -2.34. The van der Waals surface area contributed by atoms with E-state index >= 15 is 0 Å². The number of carbonyl (C=O) groups excluding carboxylic acids is 1. The molecule has 14 heavy (non-hydrogen) atoms. The third-order valence-corrected chi connectivity index (χ3v) is 2.15. The van der Waals surface area contributed by atoms with E-state index < -0.39 is 17.5 Å². The van der Waals surface area contributed by atoms with Crippen LogP contribution in [0.5, 0.6) is 0 Å². The van der Waals surface area contributed by atoms with Gasteiger partial charge in [-0.25, -0.2) is 4.79 Å². The van der Waals surface area contributed by atoms with Crippen LogP contribution >= 0.6 is 0 Å². The number of hydrogen-bond acceptors (Lipinski definition) is 4.